The van der Waals surface area contributed by atoms with Crippen molar-refractivity contribution in [3.05, 3.63) is 90.0 Å². The van der Waals surface area contributed by atoms with Gasteiger partial charge < -0.3 is 14.2 Å². The summed E-state index contributed by atoms with van der Waals surface area (Å²) < 4.78 is 16.0. The summed E-state index contributed by atoms with van der Waals surface area (Å²) in [4.78, 5) is 24.4. The van der Waals surface area contributed by atoms with Crippen LogP contribution in [0.15, 0.2) is 78.9 Å². The van der Waals surface area contributed by atoms with Crippen molar-refractivity contribution in [1.29, 1.82) is 0 Å². The summed E-state index contributed by atoms with van der Waals surface area (Å²) in [6.45, 7) is 2.55. The summed E-state index contributed by atoms with van der Waals surface area (Å²) in [7, 11) is 1.49. The molecule has 3 aromatic rings. The fraction of sp³-hybridized carbons (Fsp3) is 0.286. The van der Waals surface area contributed by atoms with E-state index in [9.17, 15) is 9.59 Å². The Morgan fingerprint density at radius 2 is 1.52 bits per heavy atom. The zero-order valence-electron chi connectivity index (χ0n) is 19.2. The molecule has 3 aromatic carbocycles. The van der Waals surface area contributed by atoms with Gasteiger partial charge >= 0.3 is 5.97 Å². The number of rotatable bonds is 12. The van der Waals surface area contributed by atoms with Crippen LogP contribution in [0.3, 0.4) is 0 Å². The lowest BCUT2D eigenvalue weighted by atomic mass is 10.0. The predicted octanol–water partition coefficient (Wildman–Crippen LogP) is 5.52. The zero-order valence-corrected chi connectivity index (χ0v) is 19.2. The number of hydrogen-bond acceptors (Lipinski definition) is 5. The molecule has 172 valence electrons. The van der Waals surface area contributed by atoms with E-state index < -0.39 is 6.10 Å². The number of Topliss-reactive ketones (excluding diaryl/α,β-unsaturated/α-hetero) is 1. The summed E-state index contributed by atoms with van der Waals surface area (Å²) >= 11 is 0. The lowest BCUT2D eigenvalue weighted by Crippen LogP contribution is -2.27. The van der Waals surface area contributed by atoms with Gasteiger partial charge in [0.1, 0.15) is 5.75 Å². The third-order valence-corrected chi connectivity index (χ3v) is 5.31. The van der Waals surface area contributed by atoms with Gasteiger partial charge in [0.25, 0.3) is 0 Å². The van der Waals surface area contributed by atoms with Crippen LogP contribution in [0.1, 0.15) is 35.7 Å². The second kappa shape index (κ2) is 12.6. The van der Waals surface area contributed by atoms with E-state index in [-0.39, 0.29) is 11.8 Å². The van der Waals surface area contributed by atoms with Crippen molar-refractivity contribution >= 4 is 11.8 Å². The number of carbonyl (C=O) groups excluding carboxylic acids is 2. The molecule has 0 unspecified atom stereocenters. The molecule has 0 amide bonds. The molecule has 0 aromatic heterocycles. The standard InChI is InChI=1S/C28H30O5/c1-3-32-28(30)27(31-2)20-21-11-13-24(14-12-21)26(29)10-7-19-33-25-17-15-23(16-18-25)22-8-5-4-6-9-22/h4-6,8-9,11-18,27H,3,7,10,19-20H2,1-2H3/t27-/m0/s1. The van der Waals surface area contributed by atoms with Gasteiger partial charge in [0.2, 0.25) is 0 Å². The van der Waals surface area contributed by atoms with Crippen LogP contribution in [-0.2, 0) is 20.7 Å². The Labute approximate surface area is 195 Å². The molecule has 5 nitrogen and oxygen atoms in total. The van der Waals surface area contributed by atoms with E-state index in [2.05, 4.69) is 12.1 Å². The topological polar surface area (TPSA) is 61.8 Å². The fourth-order valence-electron chi connectivity index (χ4n) is 3.48. The second-order valence-corrected chi connectivity index (χ2v) is 7.64. The number of esters is 1. The Kier molecular flexibility index (Phi) is 9.21. The Morgan fingerprint density at radius 1 is 0.848 bits per heavy atom. The van der Waals surface area contributed by atoms with E-state index in [1.54, 1.807) is 19.1 Å². The van der Waals surface area contributed by atoms with E-state index in [4.69, 9.17) is 14.2 Å². The maximum atomic E-state index is 12.5. The van der Waals surface area contributed by atoms with Gasteiger partial charge in [-0.2, -0.15) is 0 Å². The molecule has 1 atom stereocenters. The SMILES string of the molecule is CCOC(=O)[C@H](Cc1ccc(C(=O)CCCOc2ccc(-c3ccccc3)cc2)cc1)OC. The van der Waals surface area contributed by atoms with E-state index in [1.807, 2.05) is 54.6 Å². The minimum absolute atomic E-state index is 0.0678. The molecule has 0 fully saturated rings. The number of carbonyl (C=O) groups is 2. The van der Waals surface area contributed by atoms with Crippen LogP contribution >= 0.6 is 0 Å². The molecule has 0 aliphatic heterocycles. The maximum absolute atomic E-state index is 12.5. The van der Waals surface area contributed by atoms with Gasteiger partial charge in [-0.1, -0.05) is 66.7 Å². The van der Waals surface area contributed by atoms with Crippen LogP contribution < -0.4 is 4.74 Å². The number of ketones is 1. The quantitative estimate of drug-likeness (QED) is 0.208. The van der Waals surface area contributed by atoms with Crippen molar-refractivity contribution in [2.24, 2.45) is 0 Å². The molecule has 3 rings (SSSR count). The van der Waals surface area contributed by atoms with Crippen molar-refractivity contribution in [1.82, 2.24) is 0 Å². The average molecular weight is 447 g/mol. The summed E-state index contributed by atoms with van der Waals surface area (Å²) in [5.74, 6) is 0.480. The van der Waals surface area contributed by atoms with Crippen molar-refractivity contribution in [2.75, 3.05) is 20.3 Å². The Hall–Kier alpha value is -3.44. The Bertz CT molecular complexity index is 1010. The van der Waals surface area contributed by atoms with Gasteiger partial charge in [-0.05, 0) is 42.2 Å². The molecule has 0 N–H and O–H groups in total. The van der Waals surface area contributed by atoms with Gasteiger partial charge in [0, 0.05) is 25.5 Å². The first-order valence-electron chi connectivity index (χ1n) is 11.2. The van der Waals surface area contributed by atoms with Crippen LogP contribution in [0.5, 0.6) is 5.75 Å². The van der Waals surface area contributed by atoms with Gasteiger partial charge in [-0.25, -0.2) is 4.79 Å². The maximum Gasteiger partial charge on any atom is 0.335 e. The van der Waals surface area contributed by atoms with Crippen LogP contribution in [0.25, 0.3) is 11.1 Å². The summed E-state index contributed by atoms with van der Waals surface area (Å²) in [6.07, 6.45) is 0.798. The summed E-state index contributed by atoms with van der Waals surface area (Å²) in [5.41, 5.74) is 3.87. The van der Waals surface area contributed by atoms with Crippen LogP contribution in [0, 0.1) is 0 Å². The molecule has 0 spiro atoms. The van der Waals surface area contributed by atoms with Gasteiger partial charge in [-0.3, -0.25) is 4.79 Å². The van der Waals surface area contributed by atoms with Gasteiger partial charge in [-0.15, -0.1) is 0 Å². The smallest absolute Gasteiger partial charge is 0.335 e. The highest BCUT2D eigenvalue weighted by Gasteiger charge is 2.19. The molecule has 33 heavy (non-hydrogen) atoms. The first-order chi connectivity index (χ1) is 16.1. The molecular weight excluding hydrogens is 416 g/mol. The van der Waals surface area contributed by atoms with Crippen molar-refractivity contribution in [3.8, 4) is 16.9 Å². The molecule has 0 aliphatic carbocycles. The monoisotopic (exact) mass is 446 g/mol. The highest BCUT2D eigenvalue weighted by atomic mass is 16.6. The fourth-order valence-corrected chi connectivity index (χ4v) is 3.48. The van der Waals surface area contributed by atoms with Gasteiger partial charge in [0.05, 0.1) is 13.2 Å². The van der Waals surface area contributed by atoms with Crippen LogP contribution in [-0.4, -0.2) is 38.2 Å². The highest BCUT2D eigenvalue weighted by molar-refractivity contribution is 5.96. The Balaban J connectivity index is 1.43. The number of hydrogen-bond donors (Lipinski definition) is 0. The van der Waals surface area contributed by atoms with Crippen molar-refractivity contribution < 1.29 is 23.8 Å². The van der Waals surface area contributed by atoms with Gasteiger partial charge in [0.15, 0.2) is 11.9 Å². The van der Waals surface area contributed by atoms with E-state index in [0.717, 1.165) is 16.9 Å². The molecule has 0 saturated heterocycles. The first-order valence-corrected chi connectivity index (χ1v) is 11.2. The van der Waals surface area contributed by atoms with Crippen molar-refractivity contribution in [3.63, 3.8) is 0 Å². The third kappa shape index (κ3) is 7.29. The largest absolute Gasteiger partial charge is 0.494 e. The minimum atomic E-state index is -0.648. The average Bonchev–Trinajstić information content (AvgIpc) is 2.86. The molecular formula is C28H30O5. The predicted molar refractivity (Wildman–Crippen MR) is 129 cm³/mol. The van der Waals surface area contributed by atoms with Crippen LogP contribution in [0.4, 0.5) is 0 Å². The normalized spacial score (nSPS) is 11.6. The Morgan fingerprint density at radius 3 is 2.15 bits per heavy atom. The zero-order chi connectivity index (χ0) is 23.5. The molecule has 0 bridgehead atoms. The third-order valence-electron chi connectivity index (χ3n) is 5.31. The molecule has 0 heterocycles. The summed E-state index contributed by atoms with van der Waals surface area (Å²) in [5, 5.41) is 0. The van der Waals surface area contributed by atoms with E-state index in [0.29, 0.717) is 38.0 Å². The molecule has 0 aliphatic rings. The van der Waals surface area contributed by atoms with E-state index in [1.165, 1.54) is 12.7 Å². The highest BCUT2D eigenvalue weighted by Crippen LogP contribution is 2.22. The molecule has 0 saturated carbocycles. The lowest BCUT2D eigenvalue weighted by molar-refractivity contribution is -0.154. The summed E-state index contributed by atoms with van der Waals surface area (Å²) in [6, 6.07) is 25.4. The lowest BCUT2D eigenvalue weighted by Gasteiger charge is -2.14. The van der Waals surface area contributed by atoms with Crippen molar-refractivity contribution in [2.45, 2.75) is 32.3 Å². The molecule has 0 radical (unpaired) electrons. The molecule has 5 heteroatoms. The second-order valence-electron chi connectivity index (χ2n) is 7.64. The van der Waals surface area contributed by atoms with E-state index >= 15 is 0 Å². The number of ether oxygens (including phenoxy) is 3. The number of methoxy groups -OCH3 is 1. The van der Waals surface area contributed by atoms with Crippen LogP contribution in [0.2, 0.25) is 0 Å². The number of benzene rings is 3. The minimum Gasteiger partial charge on any atom is -0.494 e. The first kappa shape index (κ1) is 24.2.